The number of hydrogen-bond acceptors (Lipinski definition) is 2. The molecule has 0 unspecified atom stereocenters. The van der Waals surface area contributed by atoms with Crippen molar-refractivity contribution in [3.05, 3.63) is 12.2 Å². The molecule has 0 aromatic heterocycles. The van der Waals surface area contributed by atoms with Crippen LogP contribution in [-0.4, -0.2) is 30.4 Å². The van der Waals surface area contributed by atoms with Crippen LogP contribution in [0.4, 0.5) is 0 Å². The van der Waals surface area contributed by atoms with E-state index in [1.807, 2.05) is 0 Å². The Balaban J connectivity index is 2.14. The van der Waals surface area contributed by atoms with Gasteiger partial charge in [0.05, 0.1) is 0 Å². The van der Waals surface area contributed by atoms with Crippen molar-refractivity contribution < 1.29 is 4.79 Å². The first-order valence-electron chi connectivity index (χ1n) is 3.86. The molecule has 0 aliphatic heterocycles. The Morgan fingerprint density at radius 3 is 2.82 bits per heavy atom. The lowest BCUT2D eigenvalue weighted by Crippen LogP contribution is -2.20. The predicted molar refractivity (Wildman–Crippen MR) is 44.0 cm³/mol. The van der Waals surface area contributed by atoms with Gasteiger partial charge in [0.2, 0.25) is 5.91 Å². The molecule has 3 heteroatoms. The molecule has 1 fully saturated rings. The second kappa shape index (κ2) is 3.53. The highest BCUT2D eigenvalue weighted by Crippen LogP contribution is 2.24. The Labute approximate surface area is 66.9 Å². The lowest BCUT2D eigenvalue weighted by atomic mass is 10.4. The van der Waals surface area contributed by atoms with Crippen LogP contribution in [0, 0.1) is 0 Å². The highest BCUT2D eigenvalue weighted by molar-refractivity contribution is 5.85. The van der Waals surface area contributed by atoms with E-state index >= 15 is 0 Å². The highest BCUT2D eigenvalue weighted by Gasteiger charge is 2.24. The van der Waals surface area contributed by atoms with E-state index < -0.39 is 0 Å². The van der Waals surface area contributed by atoms with Crippen molar-refractivity contribution >= 4 is 5.91 Å². The molecule has 0 saturated heterocycles. The lowest BCUT2D eigenvalue weighted by molar-refractivity contribution is -0.113. The van der Waals surface area contributed by atoms with Gasteiger partial charge in [-0.05, 0) is 26.0 Å². The molecule has 0 radical (unpaired) electrons. The van der Waals surface area contributed by atoms with Crippen molar-refractivity contribution in [1.29, 1.82) is 0 Å². The Morgan fingerprint density at radius 1 is 1.73 bits per heavy atom. The summed E-state index contributed by atoms with van der Waals surface area (Å²) >= 11 is 0. The molecular weight excluding hydrogens is 140 g/mol. The molecule has 0 bridgehead atoms. The van der Waals surface area contributed by atoms with Crippen LogP contribution in [0.2, 0.25) is 0 Å². The van der Waals surface area contributed by atoms with E-state index in [-0.39, 0.29) is 5.91 Å². The normalized spacial score (nSPS) is 18.0. The lowest BCUT2D eigenvalue weighted by Gasteiger charge is -2.11. The number of primary amides is 1. The Hall–Kier alpha value is -0.830. The van der Waals surface area contributed by atoms with E-state index in [9.17, 15) is 4.79 Å². The SMILES string of the molecule is CN(C/C=C/C(N)=O)C1CC1. The van der Waals surface area contributed by atoms with E-state index in [2.05, 4.69) is 11.9 Å². The average Bonchev–Trinajstić information content (AvgIpc) is 2.66. The van der Waals surface area contributed by atoms with Crippen LogP contribution in [-0.2, 0) is 4.79 Å². The molecule has 0 aromatic rings. The summed E-state index contributed by atoms with van der Waals surface area (Å²) in [7, 11) is 2.06. The molecule has 0 heterocycles. The molecule has 1 aliphatic rings. The van der Waals surface area contributed by atoms with Gasteiger partial charge in [-0.3, -0.25) is 9.69 Å². The van der Waals surface area contributed by atoms with E-state index in [1.54, 1.807) is 6.08 Å². The van der Waals surface area contributed by atoms with E-state index in [0.29, 0.717) is 0 Å². The quantitative estimate of drug-likeness (QED) is 0.585. The third-order valence-electron chi connectivity index (χ3n) is 1.85. The molecule has 3 nitrogen and oxygen atoms in total. The summed E-state index contributed by atoms with van der Waals surface area (Å²) in [6.45, 7) is 0.827. The fraction of sp³-hybridized carbons (Fsp3) is 0.625. The van der Waals surface area contributed by atoms with Crippen LogP contribution < -0.4 is 5.73 Å². The summed E-state index contributed by atoms with van der Waals surface area (Å²) in [4.78, 5) is 12.5. The minimum absolute atomic E-state index is 0.366. The number of rotatable bonds is 4. The van der Waals surface area contributed by atoms with Crippen LogP contribution in [0.5, 0.6) is 0 Å². The Kier molecular flexibility index (Phi) is 2.65. The first-order valence-corrected chi connectivity index (χ1v) is 3.86. The fourth-order valence-corrected chi connectivity index (χ4v) is 1.000. The van der Waals surface area contributed by atoms with Crippen molar-refractivity contribution in [2.45, 2.75) is 18.9 Å². The molecule has 2 N–H and O–H groups in total. The van der Waals surface area contributed by atoms with Crippen LogP contribution in [0.3, 0.4) is 0 Å². The van der Waals surface area contributed by atoms with Crippen LogP contribution in [0.15, 0.2) is 12.2 Å². The van der Waals surface area contributed by atoms with E-state index in [1.165, 1.54) is 18.9 Å². The second-order valence-electron chi connectivity index (χ2n) is 2.98. The maximum Gasteiger partial charge on any atom is 0.241 e. The van der Waals surface area contributed by atoms with Gasteiger partial charge in [0.1, 0.15) is 0 Å². The summed E-state index contributed by atoms with van der Waals surface area (Å²) in [6.07, 6.45) is 5.81. The molecule has 11 heavy (non-hydrogen) atoms. The highest BCUT2D eigenvalue weighted by atomic mass is 16.1. The summed E-state index contributed by atoms with van der Waals surface area (Å²) in [6, 6.07) is 0.743. The zero-order valence-electron chi connectivity index (χ0n) is 6.79. The molecular formula is C8H14N2O. The topological polar surface area (TPSA) is 46.3 Å². The average molecular weight is 154 g/mol. The molecule has 62 valence electrons. The summed E-state index contributed by atoms with van der Waals surface area (Å²) in [5, 5.41) is 0. The summed E-state index contributed by atoms with van der Waals surface area (Å²) in [5.41, 5.74) is 4.93. The molecule has 1 amide bonds. The Morgan fingerprint density at radius 2 is 2.36 bits per heavy atom. The van der Waals surface area contributed by atoms with Crippen molar-refractivity contribution in [3.63, 3.8) is 0 Å². The predicted octanol–water partition coefficient (Wildman–Crippen LogP) is 0.122. The number of nitrogens with two attached hydrogens (primary N) is 1. The van der Waals surface area contributed by atoms with Gasteiger partial charge >= 0.3 is 0 Å². The van der Waals surface area contributed by atoms with Gasteiger partial charge in [0, 0.05) is 12.6 Å². The molecule has 0 aromatic carbocycles. The van der Waals surface area contributed by atoms with Gasteiger partial charge in [0.25, 0.3) is 0 Å². The van der Waals surface area contributed by atoms with Gasteiger partial charge in [-0.15, -0.1) is 0 Å². The second-order valence-corrected chi connectivity index (χ2v) is 2.98. The minimum atomic E-state index is -0.366. The third kappa shape index (κ3) is 3.18. The monoisotopic (exact) mass is 154 g/mol. The summed E-state index contributed by atoms with van der Waals surface area (Å²) < 4.78 is 0. The van der Waals surface area contributed by atoms with Gasteiger partial charge in [0.15, 0.2) is 0 Å². The number of carbonyl (C=O) groups excluding carboxylic acids is 1. The molecule has 1 saturated carbocycles. The number of likely N-dealkylation sites (N-methyl/N-ethyl adjacent to an activating group) is 1. The zero-order valence-corrected chi connectivity index (χ0v) is 6.79. The maximum atomic E-state index is 10.3. The Bertz CT molecular complexity index is 173. The van der Waals surface area contributed by atoms with Gasteiger partial charge in [-0.1, -0.05) is 6.08 Å². The number of nitrogens with zero attached hydrogens (tertiary/aromatic N) is 1. The van der Waals surface area contributed by atoms with Crippen molar-refractivity contribution in [1.82, 2.24) is 4.90 Å². The maximum absolute atomic E-state index is 10.3. The van der Waals surface area contributed by atoms with Crippen LogP contribution >= 0.6 is 0 Å². The summed E-state index contributed by atoms with van der Waals surface area (Å²) in [5.74, 6) is -0.366. The zero-order chi connectivity index (χ0) is 8.27. The molecule has 0 spiro atoms. The van der Waals surface area contributed by atoms with Crippen molar-refractivity contribution in [3.8, 4) is 0 Å². The number of hydrogen-bond donors (Lipinski definition) is 1. The smallest absolute Gasteiger partial charge is 0.241 e. The molecule has 0 atom stereocenters. The molecule has 1 aliphatic carbocycles. The van der Waals surface area contributed by atoms with Crippen molar-refractivity contribution in [2.24, 2.45) is 5.73 Å². The largest absolute Gasteiger partial charge is 0.366 e. The van der Waals surface area contributed by atoms with Crippen LogP contribution in [0.1, 0.15) is 12.8 Å². The van der Waals surface area contributed by atoms with Gasteiger partial charge in [-0.25, -0.2) is 0 Å². The van der Waals surface area contributed by atoms with Crippen LogP contribution in [0.25, 0.3) is 0 Å². The van der Waals surface area contributed by atoms with E-state index in [4.69, 9.17) is 5.73 Å². The minimum Gasteiger partial charge on any atom is -0.366 e. The standard InChI is InChI=1S/C8H14N2O/c1-10(7-4-5-7)6-2-3-8(9)11/h2-3,7H,4-6H2,1H3,(H2,9,11)/b3-2+. The fourth-order valence-electron chi connectivity index (χ4n) is 1.000. The van der Waals surface area contributed by atoms with E-state index in [0.717, 1.165) is 12.6 Å². The van der Waals surface area contributed by atoms with Gasteiger partial charge < -0.3 is 5.73 Å². The first-order chi connectivity index (χ1) is 5.20. The van der Waals surface area contributed by atoms with Gasteiger partial charge in [-0.2, -0.15) is 0 Å². The van der Waals surface area contributed by atoms with Crippen molar-refractivity contribution in [2.75, 3.05) is 13.6 Å². The first kappa shape index (κ1) is 8.27. The third-order valence-corrected chi connectivity index (χ3v) is 1.85. The molecule has 1 rings (SSSR count). The number of amides is 1. The number of carbonyl (C=O) groups is 1.